The third-order valence-corrected chi connectivity index (χ3v) is 4.79. The highest BCUT2D eigenvalue weighted by atomic mass is 35.5. The Morgan fingerprint density at radius 2 is 2.18 bits per heavy atom. The van der Waals surface area contributed by atoms with Gasteiger partial charge in [0.05, 0.1) is 19.1 Å². The summed E-state index contributed by atoms with van der Waals surface area (Å²) < 4.78 is 7.46. The first-order valence-corrected chi connectivity index (χ1v) is 9.68. The van der Waals surface area contributed by atoms with E-state index in [0.717, 1.165) is 30.8 Å². The van der Waals surface area contributed by atoms with Crippen LogP contribution in [0.5, 0.6) is 5.75 Å². The Morgan fingerprint density at radius 1 is 1.29 bits per heavy atom. The van der Waals surface area contributed by atoms with Gasteiger partial charge in [0.25, 0.3) is 0 Å². The smallest absolute Gasteiger partial charge is 0.173 e. The van der Waals surface area contributed by atoms with E-state index in [2.05, 4.69) is 24.8 Å². The number of pyridine rings is 1. The van der Waals surface area contributed by atoms with Crippen molar-refractivity contribution in [3.8, 4) is 5.75 Å². The Bertz CT molecular complexity index is 889. The molecule has 0 fully saturated rings. The molecular weight excluding hydrogens is 394 g/mol. The number of aryl methyl sites for hydroxylation is 1. The van der Waals surface area contributed by atoms with Crippen molar-refractivity contribution in [2.75, 3.05) is 19.0 Å². The predicted octanol–water partition coefficient (Wildman–Crippen LogP) is 4.23. The minimum atomic E-state index is 0.607. The zero-order chi connectivity index (χ0) is 19.8. The van der Waals surface area contributed by atoms with E-state index >= 15 is 0 Å². The number of halogens is 1. The summed E-state index contributed by atoms with van der Waals surface area (Å²) in [5.41, 5.74) is 1.83. The summed E-state index contributed by atoms with van der Waals surface area (Å²) in [6.45, 7) is 2.31. The van der Waals surface area contributed by atoms with Gasteiger partial charge in [-0.1, -0.05) is 17.7 Å². The van der Waals surface area contributed by atoms with Crippen molar-refractivity contribution >= 4 is 34.6 Å². The summed E-state index contributed by atoms with van der Waals surface area (Å²) in [6.07, 6.45) is 10.1. The van der Waals surface area contributed by atoms with Crippen LogP contribution in [-0.2, 0) is 13.1 Å². The Kier molecular flexibility index (Phi) is 7.22. The van der Waals surface area contributed by atoms with Gasteiger partial charge in [-0.2, -0.15) is 0 Å². The molecule has 0 aliphatic heterocycles. The Hall–Kier alpha value is -2.64. The summed E-state index contributed by atoms with van der Waals surface area (Å²) in [4.78, 5) is 10.4. The van der Waals surface area contributed by atoms with Crippen molar-refractivity contribution < 1.29 is 4.74 Å². The molecule has 0 atom stereocenters. The fourth-order valence-corrected chi connectivity index (χ4v) is 3.24. The number of hydrogen-bond donors (Lipinski definition) is 1. The van der Waals surface area contributed by atoms with Gasteiger partial charge in [0.2, 0.25) is 0 Å². The molecule has 146 valence electrons. The van der Waals surface area contributed by atoms with E-state index in [1.807, 2.05) is 36.9 Å². The molecule has 0 aliphatic carbocycles. The Morgan fingerprint density at radius 3 is 2.89 bits per heavy atom. The molecule has 0 amide bonds. The highest BCUT2D eigenvalue weighted by Gasteiger charge is 2.13. The van der Waals surface area contributed by atoms with E-state index in [1.54, 1.807) is 31.6 Å². The Labute approximate surface area is 175 Å². The van der Waals surface area contributed by atoms with Gasteiger partial charge in [0.15, 0.2) is 5.11 Å². The molecule has 3 rings (SSSR count). The summed E-state index contributed by atoms with van der Waals surface area (Å²) in [7, 11) is 1.62. The maximum atomic E-state index is 6.14. The molecule has 3 aromatic rings. The first-order valence-electron chi connectivity index (χ1n) is 8.90. The number of anilines is 1. The molecule has 0 aliphatic rings. The third kappa shape index (κ3) is 5.68. The van der Waals surface area contributed by atoms with E-state index in [1.165, 1.54) is 0 Å². The van der Waals surface area contributed by atoms with E-state index in [0.29, 0.717) is 22.4 Å². The first-order chi connectivity index (χ1) is 13.7. The van der Waals surface area contributed by atoms with Crippen molar-refractivity contribution in [2.24, 2.45) is 0 Å². The molecule has 28 heavy (non-hydrogen) atoms. The van der Waals surface area contributed by atoms with Gasteiger partial charge in [-0.05, 0) is 48.5 Å². The summed E-state index contributed by atoms with van der Waals surface area (Å²) >= 11 is 11.8. The van der Waals surface area contributed by atoms with Crippen molar-refractivity contribution in [1.82, 2.24) is 19.4 Å². The largest absolute Gasteiger partial charge is 0.495 e. The van der Waals surface area contributed by atoms with Crippen LogP contribution in [0.15, 0.2) is 61.4 Å². The number of nitrogens with zero attached hydrogens (tertiary/aromatic N) is 4. The minimum absolute atomic E-state index is 0.607. The summed E-state index contributed by atoms with van der Waals surface area (Å²) in [6, 6.07) is 9.37. The lowest BCUT2D eigenvalue weighted by Crippen LogP contribution is -2.35. The summed E-state index contributed by atoms with van der Waals surface area (Å²) in [5.74, 6) is 0.687. The molecule has 0 bridgehead atoms. The van der Waals surface area contributed by atoms with Gasteiger partial charge in [0.1, 0.15) is 5.75 Å². The lowest BCUT2D eigenvalue weighted by Gasteiger charge is -2.26. The van der Waals surface area contributed by atoms with Crippen molar-refractivity contribution in [1.29, 1.82) is 0 Å². The molecule has 2 aromatic heterocycles. The molecule has 1 N–H and O–H groups in total. The lowest BCUT2D eigenvalue weighted by molar-refractivity contribution is 0.394. The third-order valence-electron chi connectivity index (χ3n) is 4.19. The molecule has 0 spiro atoms. The number of benzene rings is 1. The van der Waals surface area contributed by atoms with Crippen LogP contribution >= 0.6 is 23.8 Å². The molecular formula is C20H22ClN5OS. The van der Waals surface area contributed by atoms with Gasteiger partial charge >= 0.3 is 0 Å². The maximum absolute atomic E-state index is 6.14. The number of hydrogen-bond acceptors (Lipinski definition) is 4. The zero-order valence-electron chi connectivity index (χ0n) is 15.6. The molecule has 0 saturated carbocycles. The van der Waals surface area contributed by atoms with Crippen LogP contribution in [0.25, 0.3) is 0 Å². The maximum Gasteiger partial charge on any atom is 0.173 e. The van der Waals surface area contributed by atoms with Crippen molar-refractivity contribution in [2.45, 2.75) is 19.5 Å². The van der Waals surface area contributed by atoms with Crippen molar-refractivity contribution in [3.05, 3.63) is 72.0 Å². The quantitative estimate of drug-likeness (QED) is 0.555. The standard InChI is InChI=1S/C20H22ClN5OS/c1-27-19-6-5-17(21)12-18(19)24-20(28)26(14-16-4-2-7-22-13-16)10-3-9-25-11-8-23-15-25/h2,4-8,11-13,15H,3,9-10,14H2,1H3,(H,24,28). The SMILES string of the molecule is COc1ccc(Cl)cc1NC(=S)N(CCCn1ccnc1)Cc1cccnc1. The number of thiocarbonyl (C=S) groups is 1. The van der Waals surface area contributed by atoms with Crippen LogP contribution in [-0.4, -0.2) is 38.2 Å². The highest BCUT2D eigenvalue weighted by molar-refractivity contribution is 7.80. The van der Waals surface area contributed by atoms with E-state index < -0.39 is 0 Å². The fourth-order valence-electron chi connectivity index (χ4n) is 2.80. The molecule has 0 saturated heterocycles. The predicted molar refractivity (Wildman–Crippen MR) is 116 cm³/mol. The van der Waals surface area contributed by atoms with E-state index in [4.69, 9.17) is 28.6 Å². The number of rotatable bonds is 8. The van der Waals surface area contributed by atoms with Crippen LogP contribution in [0.1, 0.15) is 12.0 Å². The normalized spacial score (nSPS) is 10.5. The second-order valence-electron chi connectivity index (χ2n) is 6.21. The second kappa shape index (κ2) is 10.1. The lowest BCUT2D eigenvalue weighted by atomic mass is 10.2. The number of methoxy groups -OCH3 is 1. The number of imidazole rings is 1. The van der Waals surface area contributed by atoms with Gasteiger partial charge < -0.3 is 19.5 Å². The van der Waals surface area contributed by atoms with Crippen molar-refractivity contribution in [3.63, 3.8) is 0 Å². The average Bonchev–Trinajstić information content (AvgIpc) is 3.22. The number of nitrogens with one attached hydrogen (secondary N) is 1. The van der Waals surface area contributed by atoms with Gasteiger partial charge in [-0.3, -0.25) is 4.98 Å². The van der Waals surface area contributed by atoms with E-state index in [9.17, 15) is 0 Å². The first kappa shape index (κ1) is 20.1. The fraction of sp³-hybridized carbons (Fsp3) is 0.250. The molecule has 0 radical (unpaired) electrons. The van der Waals surface area contributed by atoms with Crippen LogP contribution in [0.3, 0.4) is 0 Å². The van der Waals surface area contributed by atoms with Crippen LogP contribution < -0.4 is 10.1 Å². The molecule has 2 heterocycles. The molecule has 6 nitrogen and oxygen atoms in total. The van der Waals surface area contributed by atoms with E-state index in [-0.39, 0.29) is 0 Å². The minimum Gasteiger partial charge on any atom is -0.495 e. The van der Waals surface area contributed by atoms with Gasteiger partial charge in [0, 0.05) is 49.4 Å². The topological polar surface area (TPSA) is 55.2 Å². The summed E-state index contributed by atoms with van der Waals surface area (Å²) in [5, 5.41) is 4.50. The number of ether oxygens (including phenoxy) is 1. The highest BCUT2D eigenvalue weighted by Crippen LogP contribution is 2.28. The molecule has 8 heteroatoms. The number of aromatic nitrogens is 3. The van der Waals surface area contributed by atoms with Gasteiger partial charge in [-0.15, -0.1) is 0 Å². The average molecular weight is 416 g/mol. The van der Waals surface area contributed by atoms with Crippen LogP contribution in [0.4, 0.5) is 5.69 Å². The van der Waals surface area contributed by atoms with Gasteiger partial charge in [-0.25, -0.2) is 4.98 Å². The van der Waals surface area contributed by atoms with Crippen LogP contribution in [0.2, 0.25) is 5.02 Å². The molecule has 1 aromatic carbocycles. The zero-order valence-corrected chi connectivity index (χ0v) is 17.2. The second-order valence-corrected chi connectivity index (χ2v) is 7.03. The molecule has 0 unspecified atom stereocenters. The monoisotopic (exact) mass is 415 g/mol. The van der Waals surface area contributed by atoms with Crippen LogP contribution in [0, 0.1) is 0 Å². The Balaban J connectivity index is 1.71.